The minimum absolute atomic E-state index is 0.183. The van der Waals surface area contributed by atoms with Gasteiger partial charge in [0.05, 0.1) is 0 Å². The maximum atomic E-state index is 13.1. The van der Waals surface area contributed by atoms with Gasteiger partial charge in [0.2, 0.25) is 0 Å². The predicted octanol–water partition coefficient (Wildman–Crippen LogP) is 4.86. The first-order valence-electron chi connectivity index (χ1n) is 8.84. The Labute approximate surface area is 142 Å². The van der Waals surface area contributed by atoms with Crippen molar-refractivity contribution >= 4 is 10.9 Å². The molecule has 0 bridgehead atoms. The van der Waals surface area contributed by atoms with E-state index in [-0.39, 0.29) is 5.82 Å². The van der Waals surface area contributed by atoms with Gasteiger partial charge in [-0.1, -0.05) is 43.2 Å². The van der Waals surface area contributed by atoms with Gasteiger partial charge in [0.1, 0.15) is 5.82 Å². The number of hydrogen-bond acceptors (Lipinski definition) is 1. The van der Waals surface area contributed by atoms with E-state index in [1.807, 2.05) is 12.1 Å². The van der Waals surface area contributed by atoms with Crippen LogP contribution in [-0.2, 0) is 13.1 Å². The van der Waals surface area contributed by atoms with Crippen molar-refractivity contribution in [2.24, 2.45) is 0 Å². The Bertz CT molecular complexity index is 813. The quantitative estimate of drug-likeness (QED) is 0.710. The van der Waals surface area contributed by atoms with E-state index in [0.717, 1.165) is 18.7 Å². The third-order valence-corrected chi connectivity index (χ3v) is 5.07. The van der Waals surface area contributed by atoms with Crippen molar-refractivity contribution in [3.8, 4) is 0 Å². The molecule has 0 unspecified atom stereocenters. The van der Waals surface area contributed by atoms with Crippen LogP contribution in [0.25, 0.3) is 10.9 Å². The topological polar surface area (TPSA) is 17.0 Å². The molecule has 24 heavy (non-hydrogen) atoms. The molecular formula is C21H23FN2. The van der Waals surface area contributed by atoms with Crippen LogP contribution in [0.4, 0.5) is 4.39 Å². The molecule has 0 spiro atoms. The summed E-state index contributed by atoms with van der Waals surface area (Å²) in [6, 6.07) is 16.0. The van der Waals surface area contributed by atoms with Crippen LogP contribution >= 0.6 is 0 Å². The second-order valence-corrected chi connectivity index (χ2v) is 6.79. The Hall–Kier alpha value is -2.13. The number of nitrogens with one attached hydrogen (secondary N) is 1. The molecule has 1 saturated carbocycles. The van der Waals surface area contributed by atoms with E-state index in [1.165, 1.54) is 54.3 Å². The average molecular weight is 322 g/mol. The van der Waals surface area contributed by atoms with Gasteiger partial charge in [-0.05, 0) is 42.2 Å². The third-order valence-electron chi connectivity index (χ3n) is 5.07. The lowest BCUT2D eigenvalue weighted by molar-refractivity contribution is 0.525. The SMILES string of the molecule is Fc1ccc(Cn2cc(CNC3CCCC3)c3ccccc32)cc1. The predicted molar refractivity (Wildman–Crippen MR) is 96.5 cm³/mol. The molecule has 0 saturated heterocycles. The van der Waals surface area contributed by atoms with E-state index in [4.69, 9.17) is 0 Å². The van der Waals surface area contributed by atoms with E-state index in [2.05, 4.69) is 40.3 Å². The fourth-order valence-corrected chi connectivity index (χ4v) is 3.77. The molecule has 1 aliphatic rings. The number of aromatic nitrogens is 1. The summed E-state index contributed by atoms with van der Waals surface area (Å²) in [7, 11) is 0. The summed E-state index contributed by atoms with van der Waals surface area (Å²) >= 11 is 0. The van der Waals surface area contributed by atoms with Crippen molar-refractivity contribution in [2.75, 3.05) is 0 Å². The standard InChI is InChI=1S/C21H23FN2/c22-18-11-9-16(10-12-18)14-24-15-17(13-23-19-5-1-2-6-19)20-7-3-4-8-21(20)24/h3-4,7-12,15,19,23H,1-2,5-6,13-14H2. The van der Waals surface area contributed by atoms with Crippen molar-refractivity contribution in [1.82, 2.24) is 9.88 Å². The first kappa shape index (κ1) is 15.4. The molecule has 0 radical (unpaired) electrons. The maximum absolute atomic E-state index is 13.1. The van der Waals surface area contributed by atoms with Crippen LogP contribution in [0.1, 0.15) is 36.8 Å². The van der Waals surface area contributed by atoms with Gasteiger partial charge in [-0.15, -0.1) is 0 Å². The van der Waals surface area contributed by atoms with Gasteiger partial charge < -0.3 is 9.88 Å². The zero-order valence-electron chi connectivity index (χ0n) is 13.8. The molecule has 0 aliphatic heterocycles. The van der Waals surface area contributed by atoms with Crippen LogP contribution in [0.15, 0.2) is 54.7 Å². The zero-order chi connectivity index (χ0) is 16.4. The van der Waals surface area contributed by atoms with Crippen LogP contribution in [-0.4, -0.2) is 10.6 Å². The number of rotatable bonds is 5. The Morgan fingerprint density at radius 1 is 1.00 bits per heavy atom. The summed E-state index contributed by atoms with van der Waals surface area (Å²) in [5.74, 6) is -0.183. The van der Waals surface area contributed by atoms with Gasteiger partial charge in [0.15, 0.2) is 0 Å². The van der Waals surface area contributed by atoms with Crippen LogP contribution in [0.3, 0.4) is 0 Å². The molecular weight excluding hydrogens is 299 g/mol. The van der Waals surface area contributed by atoms with E-state index < -0.39 is 0 Å². The maximum Gasteiger partial charge on any atom is 0.123 e. The largest absolute Gasteiger partial charge is 0.343 e. The number of nitrogens with zero attached hydrogens (tertiary/aromatic N) is 1. The molecule has 124 valence electrons. The molecule has 2 nitrogen and oxygen atoms in total. The van der Waals surface area contributed by atoms with Gasteiger partial charge in [-0.2, -0.15) is 0 Å². The molecule has 2 aromatic carbocycles. The summed E-state index contributed by atoms with van der Waals surface area (Å²) in [6.45, 7) is 1.69. The van der Waals surface area contributed by atoms with Gasteiger partial charge in [-0.3, -0.25) is 0 Å². The summed E-state index contributed by atoms with van der Waals surface area (Å²) in [4.78, 5) is 0. The molecule has 1 heterocycles. The third kappa shape index (κ3) is 3.22. The summed E-state index contributed by atoms with van der Waals surface area (Å²) < 4.78 is 15.4. The number of fused-ring (bicyclic) bond motifs is 1. The Morgan fingerprint density at radius 3 is 2.54 bits per heavy atom. The van der Waals surface area contributed by atoms with Crippen molar-refractivity contribution in [3.63, 3.8) is 0 Å². The second kappa shape index (κ2) is 6.78. The molecule has 0 amide bonds. The van der Waals surface area contributed by atoms with Crippen LogP contribution in [0.2, 0.25) is 0 Å². The Morgan fingerprint density at radius 2 is 1.75 bits per heavy atom. The molecule has 1 fully saturated rings. The highest BCUT2D eigenvalue weighted by Crippen LogP contribution is 2.24. The average Bonchev–Trinajstić information content (AvgIpc) is 3.24. The lowest BCUT2D eigenvalue weighted by atomic mass is 10.1. The van der Waals surface area contributed by atoms with Crippen molar-refractivity contribution in [3.05, 3.63) is 71.7 Å². The van der Waals surface area contributed by atoms with Gasteiger partial charge in [-0.25, -0.2) is 4.39 Å². The molecule has 0 atom stereocenters. The molecule has 1 aliphatic carbocycles. The number of para-hydroxylation sites is 1. The number of benzene rings is 2. The molecule has 3 heteroatoms. The van der Waals surface area contributed by atoms with Crippen molar-refractivity contribution in [1.29, 1.82) is 0 Å². The van der Waals surface area contributed by atoms with E-state index in [9.17, 15) is 4.39 Å². The smallest absolute Gasteiger partial charge is 0.123 e. The van der Waals surface area contributed by atoms with Crippen molar-refractivity contribution in [2.45, 2.75) is 44.8 Å². The van der Waals surface area contributed by atoms with Crippen LogP contribution < -0.4 is 5.32 Å². The lowest BCUT2D eigenvalue weighted by Crippen LogP contribution is -2.25. The highest BCUT2D eigenvalue weighted by Gasteiger charge is 2.15. The monoisotopic (exact) mass is 322 g/mol. The summed E-state index contributed by atoms with van der Waals surface area (Å²) in [5.41, 5.74) is 3.71. The van der Waals surface area contributed by atoms with Crippen molar-refractivity contribution < 1.29 is 4.39 Å². The molecule has 1 N–H and O–H groups in total. The van der Waals surface area contributed by atoms with E-state index in [1.54, 1.807) is 0 Å². The van der Waals surface area contributed by atoms with E-state index >= 15 is 0 Å². The Kier molecular flexibility index (Phi) is 4.35. The number of halogens is 1. The van der Waals surface area contributed by atoms with Crippen LogP contribution in [0, 0.1) is 5.82 Å². The highest BCUT2D eigenvalue weighted by atomic mass is 19.1. The molecule has 3 aromatic rings. The highest BCUT2D eigenvalue weighted by molar-refractivity contribution is 5.84. The fourth-order valence-electron chi connectivity index (χ4n) is 3.77. The molecule has 4 rings (SSSR count). The summed E-state index contributed by atoms with van der Waals surface area (Å²) in [5, 5.41) is 5.02. The normalized spacial score (nSPS) is 15.4. The minimum Gasteiger partial charge on any atom is -0.343 e. The minimum atomic E-state index is -0.183. The first-order valence-corrected chi connectivity index (χ1v) is 8.84. The van der Waals surface area contributed by atoms with Gasteiger partial charge >= 0.3 is 0 Å². The lowest BCUT2D eigenvalue weighted by Gasteiger charge is -2.10. The summed E-state index contributed by atoms with van der Waals surface area (Å²) in [6.07, 6.45) is 7.55. The number of hydrogen-bond donors (Lipinski definition) is 1. The molecule has 1 aromatic heterocycles. The van der Waals surface area contributed by atoms with Gasteiger partial charge in [0, 0.05) is 36.2 Å². The van der Waals surface area contributed by atoms with Gasteiger partial charge in [0.25, 0.3) is 0 Å². The fraction of sp³-hybridized carbons (Fsp3) is 0.333. The first-order chi connectivity index (χ1) is 11.8. The Balaban J connectivity index is 1.59. The zero-order valence-corrected chi connectivity index (χ0v) is 13.8. The second-order valence-electron chi connectivity index (χ2n) is 6.79. The van der Waals surface area contributed by atoms with Crippen LogP contribution in [0.5, 0.6) is 0 Å². The van der Waals surface area contributed by atoms with E-state index in [0.29, 0.717) is 6.04 Å².